The maximum atomic E-state index is 12.4. The molecule has 0 aliphatic carbocycles. The Labute approximate surface area is 152 Å². The molecule has 0 bridgehead atoms. The van der Waals surface area contributed by atoms with Crippen molar-refractivity contribution in [3.05, 3.63) is 59.2 Å². The molecule has 0 radical (unpaired) electrons. The van der Waals surface area contributed by atoms with Crippen LogP contribution in [0.5, 0.6) is 5.75 Å². The monoisotopic (exact) mass is 358 g/mol. The van der Waals surface area contributed by atoms with Crippen molar-refractivity contribution in [2.24, 2.45) is 0 Å². The lowest BCUT2D eigenvalue weighted by Gasteiger charge is -2.10. The lowest BCUT2D eigenvalue weighted by Crippen LogP contribution is -2.05. The summed E-state index contributed by atoms with van der Waals surface area (Å²) in [5, 5.41) is 0. The van der Waals surface area contributed by atoms with Crippen LogP contribution in [0.4, 0.5) is 0 Å². The Morgan fingerprint density at radius 1 is 1.04 bits per heavy atom. The molecule has 0 N–H and O–H groups in total. The van der Waals surface area contributed by atoms with Crippen LogP contribution in [0.25, 0.3) is 0 Å². The molecule has 0 heterocycles. The molecule has 0 saturated carbocycles. The van der Waals surface area contributed by atoms with Gasteiger partial charge in [-0.1, -0.05) is 19.1 Å². The van der Waals surface area contributed by atoms with Crippen molar-refractivity contribution < 1.29 is 19.1 Å². The van der Waals surface area contributed by atoms with Crippen LogP contribution >= 0.6 is 11.8 Å². The smallest absolute Gasteiger partial charge is 0.337 e. The van der Waals surface area contributed by atoms with E-state index in [-0.39, 0.29) is 5.78 Å². The summed E-state index contributed by atoms with van der Waals surface area (Å²) in [7, 11) is 2.98. The summed E-state index contributed by atoms with van der Waals surface area (Å²) in [5.41, 5.74) is 2.23. The molecule has 0 spiro atoms. The Kier molecular flexibility index (Phi) is 7.07. The fourth-order valence-corrected chi connectivity index (χ4v) is 3.42. The van der Waals surface area contributed by atoms with Crippen molar-refractivity contribution in [3.63, 3.8) is 0 Å². The Hall–Kier alpha value is -2.27. The molecule has 25 heavy (non-hydrogen) atoms. The Bertz CT molecular complexity index is 738. The van der Waals surface area contributed by atoms with Crippen LogP contribution in [-0.2, 0) is 10.5 Å². The highest BCUT2D eigenvalue weighted by molar-refractivity contribution is 7.98. The average molecular weight is 358 g/mol. The first kappa shape index (κ1) is 19.1. The third kappa shape index (κ3) is 5.10. The van der Waals surface area contributed by atoms with Crippen LogP contribution in [0, 0.1) is 0 Å². The van der Waals surface area contributed by atoms with E-state index in [4.69, 9.17) is 9.47 Å². The van der Waals surface area contributed by atoms with E-state index in [2.05, 4.69) is 0 Å². The van der Waals surface area contributed by atoms with Crippen LogP contribution in [0.2, 0.25) is 0 Å². The van der Waals surface area contributed by atoms with E-state index in [0.717, 1.165) is 22.6 Å². The molecule has 0 aliphatic rings. The maximum absolute atomic E-state index is 12.4. The Morgan fingerprint density at radius 2 is 1.76 bits per heavy atom. The van der Waals surface area contributed by atoms with Crippen molar-refractivity contribution in [3.8, 4) is 5.75 Å². The zero-order valence-electron chi connectivity index (χ0n) is 14.7. The molecule has 2 rings (SSSR count). The number of benzene rings is 2. The highest BCUT2D eigenvalue weighted by atomic mass is 32.2. The van der Waals surface area contributed by atoms with Crippen molar-refractivity contribution in [2.45, 2.75) is 30.4 Å². The van der Waals surface area contributed by atoms with Crippen LogP contribution in [-0.4, -0.2) is 26.0 Å². The number of hydrogen-bond acceptors (Lipinski definition) is 5. The van der Waals surface area contributed by atoms with Crippen LogP contribution in [0.1, 0.15) is 46.0 Å². The molecule has 0 unspecified atom stereocenters. The van der Waals surface area contributed by atoms with Gasteiger partial charge in [0.2, 0.25) is 0 Å². The van der Waals surface area contributed by atoms with E-state index >= 15 is 0 Å². The van der Waals surface area contributed by atoms with Crippen molar-refractivity contribution in [2.75, 3.05) is 14.2 Å². The van der Waals surface area contributed by atoms with Crippen LogP contribution in [0.15, 0.2) is 47.4 Å². The van der Waals surface area contributed by atoms with Gasteiger partial charge in [-0.15, -0.1) is 11.8 Å². The number of ketones is 1. The average Bonchev–Trinajstić information content (AvgIpc) is 2.66. The zero-order valence-corrected chi connectivity index (χ0v) is 15.5. The highest BCUT2D eigenvalue weighted by Gasteiger charge is 2.15. The molecule has 0 aliphatic heterocycles. The van der Waals surface area contributed by atoms with Gasteiger partial charge in [0.25, 0.3) is 0 Å². The summed E-state index contributed by atoms with van der Waals surface area (Å²) in [6.07, 6.45) is 1.29. The first-order valence-corrected chi connectivity index (χ1v) is 9.09. The highest BCUT2D eigenvalue weighted by Crippen LogP contribution is 2.29. The molecule has 2 aromatic carbocycles. The molecule has 0 amide bonds. The Morgan fingerprint density at radius 3 is 2.36 bits per heavy atom. The van der Waals surface area contributed by atoms with Crippen LogP contribution in [0.3, 0.4) is 0 Å². The summed E-state index contributed by atoms with van der Waals surface area (Å²) in [6, 6.07) is 12.9. The second-order valence-corrected chi connectivity index (χ2v) is 6.53. The third-order valence-electron chi connectivity index (χ3n) is 3.73. The first-order chi connectivity index (χ1) is 12.1. The SMILES string of the molecule is CCCC(=O)c1ccc(C(=O)OC)cc1SCc1ccc(OC)cc1. The second-order valence-electron chi connectivity index (χ2n) is 5.51. The van der Waals surface area contributed by atoms with Gasteiger partial charge in [0.05, 0.1) is 19.8 Å². The molecular formula is C20H22O4S. The molecule has 0 atom stereocenters. The zero-order chi connectivity index (χ0) is 18.2. The van der Waals surface area contributed by atoms with Crippen molar-refractivity contribution in [1.82, 2.24) is 0 Å². The lowest BCUT2D eigenvalue weighted by atomic mass is 10.0. The number of hydrogen-bond donors (Lipinski definition) is 0. The minimum atomic E-state index is -0.402. The minimum Gasteiger partial charge on any atom is -0.497 e. The number of Topliss-reactive ketones (excluding diaryl/α,β-unsaturated/α-hetero) is 1. The van der Waals surface area contributed by atoms with Gasteiger partial charge in [0.1, 0.15) is 5.75 Å². The van der Waals surface area contributed by atoms with E-state index in [9.17, 15) is 9.59 Å². The summed E-state index contributed by atoms with van der Waals surface area (Å²) >= 11 is 1.54. The second kappa shape index (κ2) is 9.28. The quantitative estimate of drug-likeness (QED) is 0.387. The lowest BCUT2D eigenvalue weighted by molar-refractivity contribution is 0.0600. The molecule has 0 saturated heterocycles. The predicted octanol–water partition coefficient (Wildman–Crippen LogP) is 4.76. The van der Waals surface area contributed by atoms with E-state index in [1.54, 1.807) is 37.1 Å². The number of ether oxygens (including phenoxy) is 2. The summed E-state index contributed by atoms with van der Waals surface area (Å²) in [5.74, 6) is 1.19. The van der Waals surface area contributed by atoms with Gasteiger partial charge in [-0.05, 0) is 42.3 Å². The number of esters is 1. The van der Waals surface area contributed by atoms with Crippen LogP contribution < -0.4 is 4.74 Å². The third-order valence-corrected chi connectivity index (χ3v) is 4.86. The fraction of sp³-hybridized carbons (Fsp3) is 0.300. The van der Waals surface area contributed by atoms with E-state index < -0.39 is 5.97 Å². The molecule has 0 aromatic heterocycles. The topological polar surface area (TPSA) is 52.6 Å². The predicted molar refractivity (Wildman–Crippen MR) is 99.6 cm³/mol. The van der Waals surface area contributed by atoms with Gasteiger partial charge in [-0.25, -0.2) is 4.79 Å². The van der Waals surface area contributed by atoms with Gasteiger partial charge in [0.15, 0.2) is 5.78 Å². The van der Waals surface area contributed by atoms with Gasteiger partial charge in [-0.3, -0.25) is 4.79 Å². The van der Waals surface area contributed by atoms with E-state index in [1.165, 1.54) is 7.11 Å². The maximum Gasteiger partial charge on any atom is 0.337 e. The number of thioether (sulfide) groups is 1. The number of rotatable bonds is 8. The van der Waals surface area contributed by atoms with Gasteiger partial charge < -0.3 is 9.47 Å². The van der Waals surface area contributed by atoms with Gasteiger partial charge >= 0.3 is 5.97 Å². The summed E-state index contributed by atoms with van der Waals surface area (Å²) in [6.45, 7) is 1.98. The van der Waals surface area contributed by atoms with Crippen molar-refractivity contribution >= 4 is 23.5 Å². The van der Waals surface area contributed by atoms with E-state index in [1.807, 2.05) is 31.2 Å². The largest absolute Gasteiger partial charge is 0.497 e. The summed E-state index contributed by atoms with van der Waals surface area (Å²) in [4.78, 5) is 25.0. The number of carbonyl (C=O) groups excluding carboxylic acids is 2. The standard InChI is InChI=1S/C20H22O4S/c1-4-5-18(21)17-11-8-15(20(22)24-3)12-19(17)25-13-14-6-9-16(23-2)10-7-14/h6-12H,4-5,13H2,1-3H3. The summed E-state index contributed by atoms with van der Waals surface area (Å²) < 4.78 is 9.94. The fourth-order valence-electron chi connectivity index (χ4n) is 2.36. The molecule has 0 fully saturated rings. The number of carbonyl (C=O) groups is 2. The molecule has 4 nitrogen and oxygen atoms in total. The van der Waals surface area contributed by atoms with E-state index in [0.29, 0.717) is 23.3 Å². The molecule has 132 valence electrons. The number of methoxy groups -OCH3 is 2. The molecule has 5 heteroatoms. The normalized spacial score (nSPS) is 10.4. The molecule has 2 aromatic rings. The first-order valence-electron chi connectivity index (χ1n) is 8.10. The van der Waals surface area contributed by atoms with Gasteiger partial charge in [0, 0.05) is 22.6 Å². The minimum absolute atomic E-state index is 0.0937. The van der Waals surface area contributed by atoms with Gasteiger partial charge in [-0.2, -0.15) is 0 Å². The molecular weight excluding hydrogens is 336 g/mol. The van der Waals surface area contributed by atoms with Crippen molar-refractivity contribution in [1.29, 1.82) is 0 Å². The Balaban J connectivity index is 2.24.